The number of aryl methyl sites for hydroxylation is 1. The van der Waals surface area contributed by atoms with E-state index < -0.39 is 0 Å². The molecule has 0 fully saturated rings. The third kappa shape index (κ3) is 5.87. The lowest BCUT2D eigenvalue weighted by atomic mass is 10.2. The molecule has 1 heterocycles. The summed E-state index contributed by atoms with van der Waals surface area (Å²) < 4.78 is 0. The van der Waals surface area contributed by atoms with Crippen molar-refractivity contribution in [1.29, 1.82) is 0 Å². The summed E-state index contributed by atoms with van der Waals surface area (Å²) in [6, 6.07) is 3.95. The molecule has 5 heteroatoms. The Morgan fingerprint density at radius 2 is 2.28 bits per heavy atom. The van der Waals surface area contributed by atoms with E-state index in [-0.39, 0.29) is 24.0 Å². The second-order valence-corrected chi connectivity index (χ2v) is 3.52. The topological polar surface area (TPSA) is 49.3 Å². The van der Waals surface area contributed by atoms with Gasteiger partial charge in [0.2, 0.25) is 0 Å². The lowest BCUT2D eigenvalue weighted by Gasteiger charge is -2.09. The van der Waals surface area contributed by atoms with Gasteiger partial charge < -0.3 is 10.6 Å². The summed E-state index contributed by atoms with van der Waals surface area (Å²) in [5.41, 5.74) is 2.12. The smallest absolute Gasteiger partial charge is 0.192 e. The molecule has 2 N–H and O–H groups in total. The number of terminal acetylenes is 1. The molecule has 4 nitrogen and oxygen atoms in total. The molecule has 0 bridgehead atoms. The molecule has 1 aromatic rings. The molecule has 0 atom stereocenters. The number of hydrogen-bond acceptors (Lipinski definition) is 2. The Morgan fingerprint density at radius 3 is 2.89 bits per heavy atom. The molecule has 0 radical (unpaired) electrons. The highest BCUT2D eigenvalue weighted by molar-refractivity contribution is 14.0. The van der Waals surface area contributed by atoms with Gasteiger partial charge >= 0.3 is 0 Å². The molecule has 0 spiro atoms. The van der Waals surface area contributed by atoms with Crippen LogP contribution in [0.25, 0.3) is 0 Å². The minimum absolute atomic E-state index is 0. The highest BCUT2D eigenvalue weighted by Crippen LogP contribution is 2.03. The molecule has 0 amide bonds. The Labute approximate surface area is 126 Å². The van der Waals surface area contributed by atoms with E-state index in [0.29, 0.717) is 13.1 Å². The van der Waals surface area contributed by atoms with Crippen LogP contribution in [0.5, 0.6) is 0 Å². The first kappa shape index (κ1) is 16.7. The van der Waals surface area contributed by atoms with Crippen LogP contribution in [0.4, 0.5) is 0 Å². The van der Waals surface area contributed by atoms with Gasteiger partial charge in [0, 0.05) is 12.7 Å². The average Bonchev–Trinajstić information content (AvgIpc) is 2.34. The molecule has 0 unspecified atom stereocenters. The van der Waals surface area contributed by atoms with Crippen molar-refractivity contribution in [3.8, 4) is 12.3 Å². The maximum absolute atomic E-state index is 5.20. The molecule has 18 heavy (non-hydrogen) atoms. The minimum Gasteiger partial charge on any atom is -0.357 e. The zero-order valence-electron chi connectivity index (χ0n) is 10.7. The van der Waals surface area contributed by atoms with Crippen LogP contribution in [-0.2, 0) is 6.54 Å². The SMILES string of the molecule is C#CCNC(=NCc1ncccc1C)NCC.I. The van der Waals surface area contributed by atoms with Crippen LogP contribution < -0.4 is 10.6 Å². The Balaban J connectivity index is 0.00000289. The number of nitrogens with zero attached hydrogens (tertiary/aromatic N) is 2. The average molecular weight is 358 g/mol. The van der Waals surface area contributed by atoms with E-state index in [9.17, 15) is 0 Å². The van der Waals surface area contributed by atoms with Crippen LogP contribution >= 0.6 is 24.0 Å². The number of hydrogen-bond donors (Lipinski definition) is 2. The number of aliphatic imine (C=N–C) groups is 1. The molecule has 0 saturated heterocycles. The fourth-order valence-corrected chi connectivity index (χ4v) is 1.31. The van der Waals surface area contributed by atoms with Gasteiger partial charge in [0.15, 0.2) is 5.96 Å². The van der Waals surface area contributed by atoms with Gasteiger partial charge in [-0.25, -0.2) is 4.99 Å². The molecule has 0 aliphatic heterocycles. The maximum Gasteiger partial charge on any atom is 0.192 e. The highest BCUT2D eigenvalue weighted by Gasteiger charge is 1.99. The Kier molecular flexibility index (Phi) is 9.01. The number of halogens is 1. The first-order chi connectivity index (χ1) is 8.27. The Bertz CT molecular complexity index is 423. The monoisotopic (exact) mass is 358 g/mol. The van der Waals surface area contributed by atoms with E-state index in [1.807, 2.05) is 26.0 Å². The van der Waals surface area contributed by atoms with E-state index in [1.54, 1.807) is 6.20 Å². The summed E-state index contributed by atoms with van der Waals surface area (Å²) in [4.78, 5) is 8.71. The van der Waals surface area contributed by atoms with Crippen molar-refractivity contribution in [1.82, 2.24) is 15.6 Å². The summed E-state index contributed by atoms with van der Waals surface area (Å²) in [6.07, 6.45) is 6.97. The zero-order valence-corrected chi connectivity index (χ0v) is 13.1. The van der Waals surface area contributed by atoms with Gasteiger partial charge in [-0.2, -0.15) is 0 Å². The van der Waals surface area contributed by atoms with Crippen LogP contribution in [0.2, 0.25) is 0 Å². The van der Waals surface area contributed by atoms with Crippen molar-refractivity contribution in [2.45, 2.75) is 20.4 Å². The number of rotatable bonds is 4. The second kappa shape index (κ2) is 9.71. The van der Waals surface area contributed by atoms with Gasteiger partial charge in [0.1, 0.15) is 0 Å². The summed E-state index contributed by atoms with van der Waals surface area (Å²) in [5.74, 6) is 3.24. The molecule has 0 aliphatic rings. The van der Waals surface area contributed by atoms with Crippen molar-refractivity contribution < 1.29 is 0 Å². The fraction of sp³-hybridized carbons (Fsp3) is 0.385. The van der Waals surface area contributed by atoms with Crippen LogP contribution in [0.3, 0.4) is 0 Å². The summed E-state index contributed by atoms with van der Waals surface area (Å²) in [6.45, 7) is 5.86. The quantitative estimate of drug-likeness (QED) is 0.373. The summed E-state index contributed by atoms with van der Waals surface area (Å²) in [7, 11) is 0. The van der Waals surface area contributed by atoms with Gasteiger partial charge in [-0.05, 0) is 25.5 Å². The van der Waals surface area contributed by atoms with Crippen LogP contribution in [-0.4, -0.2) is 24.0 Å². The van der Waals surface area contributed by atoms with Crippen LogP contribution in [0.15, 0.2) is 23.3 Å². The number of guanidine groups is 1. The normalized spacial score (nSPS) is 10.2. The van der Waals surface area contributed by atoms with Crippen LogP contribution in [0, 0.1) is 19.3 Å². The highest BCUT2D eigenvalue weighted by atomic mass is 127. The lowest BCUT2D eigenvalue weighted by Crippen LogP contribution is -2.37. The molecule has 98 valence electrons. The van der Waals surface area contributed by atoms with Gasteiger partial charge in [0.25, 0.3) is 0 Å². The van der Waals surface area contributed by atoms with E-state index in [1.165, 1.54) is 0 Å². The molecule has 0 aliphatic carbocycles. The number of nitrogens with one attached hydrogen (secondary N) is 2. The van der Waals surface area contributed by atoms with Gasteiger partial charge in [-0.15, -0.1) is 30.4 Å². The molecular formula is C13H19IN4. The third-order valence-electron chi connectivity index (χ3n) is 2.21. The van der Waals surface area contributed by atoms with Gasteiger partial charge in [0.05, 0.1) is 18.8 Å². The lowest BCUT2D eigenvalue weighted by molar-refractivity contribution is 0.854. The van der Waals surface area contributed by atoms with E-state index in [4.69, 9.17) is 6.42 Å². The van der Waals surface area contributed by atoms with Crippen molar-refractivity contribution in [3.63, 3.8) is 0 Å². The van der Waals surface area contributed by atoms with Crippen LogP contribution in [0.1, 0.15) is 18.2 Å². The first-order valence-corrected chi connectivity index (χ1v) is 5.64. The summed E-state index contributed by atoms with van der Waals surface area (Å²) >= 11 is 0. The maximum atomic E-state index is 5.20. The first-order valence-electron chi connectivity index (χ1n) is 5.64. The zero-order chi connectivity index (χ0) is 12.5. The Morgan fingerprint density at radius 1 is 1.50 bits per heavy atom. The van der Waals surface area contributed by atoms with Crippen molar-refractivity contribution >= 4 is 29.9 Å². The van der Waals surface area contributed by atoms with E-state index >= 15 is 0 Å². The summed E-state index contributed by atoms with van der Waals surface area (Å²) in [5, 5.41) is 6.16. The second-order valence-electron chi connectivity index (χ2n) is 3.52. The molecule has 1 rings (SSSR count). The van der Waals surface area contributed by atoms with Crippen molar-refractivity contribution in [3.05, 3.63) is 29.6 Å². The largest absolute Gasteiger partial charge is 0.357 e. The van der Waals surface area contributed by atoms with Crippen molar-refractivity contribution in [2.75, 3.05) is 13.1 Å². The predicted molar refractivity (Wildman–Crippen MR) is 86.0 cm³/mol. The minimum atomic E-state index is 0. The Hall–Kier alpha value is -1.29. The molecule has 0 aromatic carbocycles. The van der Waals surface area contributed by atoms with Gasteiger partial charge in [-0.3, -0.25) is 4.98 Å². The number of pyridine rings is 1. The number of aromatic nitrogens is 1. The fourth-order valence-electron chi connectivity index (χ4n) is 1.31. The van der Waals surface area contributed by atoms with Crippen molar-refractivity contribution in [2.24, 2.45) is 4.99 Å². The third-order valence-corrected chi connectivity index (χ3v) is 2.21. The molecular weight excluding hydrogens is 339 g/mol. The predicted octanol–water partition coefficient (Wildman–Crippen LogP) is 1.70. The molecule has 1 aromatic heterocycles. The molecule has 0 saturated carbocycles. The van der Waals surface area contributed by atoms with E-state index in [2.05, 4.69) is 26.5 Å². The van der Waals surface area contributed by atoms with E-state index in [0.717, 1.165) is 23.8 Å². The standard InChI is InChI=1S/C13H18N4.HI/c1-4-8-16-13(14-5-2)17-10-12-11(3)7-6-9-15-12;/h1,6-7,9H,5,8,10H2,2-3H3,(H2,14,16,17);1H. The van der Waals surface area contributed by atoms with Gasteiger partial charge in [-0.1, -0.05) is 12.0 Å².